The topological polar surface area (TPSA) is 110 Å². The number of amides is 1. The van der Waals surface area contributed by atoms with Crippen molar-refractivity contribution in [2.75, 3.05) is 5.32 Å². The standard InChI is InChI=1S/C16H17N5O3S/c1-3-5-12-19-20-16(25-12)18-13(22)9-6-7-11-10(8-9)17-14(23)15(24)21(11)4-2/h6-8H,3-5H2,1-2H3,(H,17,23)(H,18,20,22). The van der Waals surface area contributed by atoms with Gasteiger partial charge in [-0.3, -0.25) is 19.7 Å². The largest absolute Gasteiger partial charge is 0.316 e. The van der Waals surface area contributed by atoms with Gasteiger partial charge in [0.15, 0.2) is 0 Å². The van der Waals surface area contributed by atoms with E-state index in [1.807, 2.05) is 6.92 Å². The fraction of sp³-hybridized carbons (Fsp3) is 0.312. The molecular formula is C16H17N5O3S. The molecule has 0 fully saturated rings. The van der Waals surface area contributed by atoms with Crippen molar-refractivity contribution in [2.24, 2.45) is 0 Å². The number of benzene rings is 1. The van der Waals surface area contributed by atoms with E-state index in [0.717, 1.165) is 17.8 Å². The van der Waals surface area contributed by atoms with E-state index in [-0.39, 0.29) is 5.91 Å². The van der Waals surface area contributed by atoms with E-state index >= 15 is 0 Å². The van der Waals surface area contributed by atoms with Crippen LogP contribution in [0.1, 0.15) is 35.6 Å². The average Bonchev–Trinajstić information content (AvgIpc) is 3.03. The molecule has 2 aromatic heterocycles. The monoisotopic (exact) mass is 359 g/mol. The number of aromatic amines is 1. The van der Waals surface area contributed by atoms with Crippen molar-refractivity contribution in [3.8, 4) is 0 Å². The van der Waals surface area contributed by atoms with Gasteiger partial charge < -0.3 is 9.55 Å². The summed E-state index contributed by atoms with van der Waals surface area (Å²) < 4.78 is 1.37. The molecule has 1 aromatic carbocycles. The first kappa shape index (κ1) is 17.0. The molecule has 0 aliphatic heterocycles. The molecule has 2 N–H and O–H groups in total. The maximum Gasteiger partial charge on any atom is 0.316 e. The van der Waals surface area contributed by atoms with Crippen molar-refractivity contribution in [1.82, 2.24) is 19.7 Å². The van der Waals surface area contributed by atoms with E-state index in [9.17, 15) is 14.4 Å². The maximum atomic E-state index is 12.4. The van der Waals surface area contributed by atoms with Gasteiger partial charge in [0.05, 0.1) is 11.0 Å². The van der Waals surface area contributed by atoms with Crippen LogP contribution < -0.4 is 16.4 Å². The average molecular weight is 359 g/mol. The highest BCUT2D eigenvalue weighted by molar-refractivity contribution is 7.15. The molecule has 8 nitrogen and oxygen atoms in total. The molecule has 3 aromatic rings. The van der Waals surface area contributed by atoms with E-state index in [2.05, 4.69) is 20.5 Å². The van der Waals surface area contributed by atoms with Gasteiger partial charge >= 0.3 is 11.1 Å². The van der Waals surface area contributed by atoms with Crippen LogP contribution in [-0.4, -0.2) is 25.7 Å². The van der Waals surface area contributed by atoms with Gasteiger partial charge in [-0.15, -0.1) is 10.2 Å². The van der Waals surface area contributed by atoms with Crippen LogP contribution in [0.2, 0.25) is 0 Å². The molecule has 3 rings (SSSR count). The first-order valence-electron chi connectivity index (χ1n) is 7.94. The van der Waals surface area contributed by atoms with Crippen molar-refractivity contribution in [1.29, 1.82) is 0 Å². The van der Waals surface area contributed by atoms with Gasteiger partial charge in [0.1, 0.15) is 5.01 Å². The Bertz CT molecular complexity index is 1050. The Morgan fingerprint density at radius 3 is 2.80 bits per heavy atom. The Morgan fingerprint density at radius 1 is 1.28 bits per heavy atom. The molecule has 0 aliphatic carbocycles. The van der Waals surface area contributed by atoms with Crippen molar-refractivity contribution < 1.29 is 4.79 Å². The zero-order valence-electron chi connectivity index (χ0n) is 13.8. The Morgan fingerprint density at radius 2 is 2.08 bits per heavy atom. The number of H-pyrrole nitrogens is 1. The van der Waals surface area contributed by atoms with Crippen molar-refractivity contribution in [3.63, 3.8) is 0 Å². The van der Waals surface area contributed by atoms with Crippen molar-refractivity contribution >= 4 is 33.4 Å². The van der Waals surface area contributed by atoms with Crippen LogP contribution in [-0.2, 0) is 13.0 Å². The third kappa shape index (κ3) is 3.36. The number of aryl methyl sites for hydroxylation is 2. The van der Waals surface area contributed by atoms with Crippen LogP contribution in [0.5, 0.6) is 0 Å². The first-order chi connectivity index (χ1) is 12.0. The summed E-state index contributed by atoms with van der Waals surface area (Å²) in [6.45, 7) is 4.20. The van der Waals surface area contributed by atoms with Gasteiger partial charge in [-0.2, -0.15) is 0 Å². The summed E-state index contributed by atoms with van der Waals surface area (Å²) in [5, 5.41) is 12.0. The number of aromatic nitrogens is 4. The lowest BCUT2D eigenvalue weighted by Crippen LogP contribution is -2.36. The van der Waals surface area contributed by atoms with Crippen molar-refractivity contribution in [2.45, 2.75) is 33.2 Å². The number of hydrogen-bond acceptors (Lipinski definition) is 6. The molecule has 0 bridgehead atoms. The zero-order valence-corrected chi connectivity index (χ0v) is 14.6. The molecule has 1 amide bonds. The van der Waals surface area contributed by atoms with Crippen LogP contribution >= 0.6 is 11.3 Å². The van der Waals surface area contributed by atoms with Gasteiger partial charge in [0.2, 0.25) is 5.13 Å². The summed E-state index contributed by atoms with van der Waals surface area (Å²) in [7, 11) is 0. The molecule has 0 saturated heterocycles. The third-order valence-electron chi connectivity index (χ3n) is 3.70. The van der Waals surface area contributed by atoms with E-state index in [4.69, 9.17) is 0 Å². The summed E-state index contributed by atoms with van der Waals surface area (Å²) in [6, 6.07) is 4.80. The number of nitrogens with one attached hydrogen (secondary N) is 2. The summed E-state index contributed by atoms with van der Waals surface area (Å²) in [4.78, 5) is 38.5. The molecule has 0 aliphatic rings. The van der Waals surface area contributed by atoms with Crippen LogP contribution in [0.3, 0.4) is 0 Å². The lowest BCUT2D eigenvalue weighted by Gasteiger charge is -2.08. The van der Waals surface area contributed by atoms with Crippen molar-refractivity contribution in [3.05, 3.63) is 49.5 Å². The smallest absolute Gasteiger partial charge is 0.316 e. The molecular weight excluding hydrogens is 342 g/mol. The molecule has 0 spiro atoms. The Balaban J connectivity index is 1.92. The highest BCUT2D eigenvalue weighted by Crippen LogP contribution is 2.18. The van der Waals surface area contributed by atoms with E-state index in [0.29, 0.717) is 28.3 Å². The number of fused-ring (bicyclic) bond motifs is 1. The lowest BCUT2D eigenvalue weighted by molar-refractivity contribution is 0.102. The minimum atomic E-state index is -0.708. The van der Waals surface area contributed by atoms with Gasteiger partial charge in [-0.05, 0) is 31.5 Å². The zero-order chi connectivity index (χ0) is 18.0. The van der Waals surface area contributed by atoms with E-state index < -0.39 is 11.1 Å². The molecule has 2 heterocycles. The second kappa shape index (κ2) is 6.98. The Labute approximate surface area is 146 Å². The SMILES string of the molecule is CCCc1nnc(NC(=O)c2ccc3c(c2)[nH]c(=O)c(=O)n3CC)s1. The molecule has 25 heavy (non-hydrogen) atoms. The molecule has 130 valence electrons. The Kier molecular flexibility index (Phi) is 4.75. The first-order valence-corrected chi connectivity index (χ1v) is 8.75. The number of rotatable bonds is 5. The predicted octanol–water partition coefficient (Wildman–Crippen LogP) is 1.77. The summed E-state index contributed by atoms with van der Waals surface area (Å²) in [6.07, 6.45) is 1.78. The quantitative estimate of drug-likeness (QED) is 0.675. The summed E-state index contributed by atoms with van der Waals surface area (Å²) >= 11 is 1.34. The molecule has 0 saturated carbocycles. The minimum absolute atomic E-state index is 0.351. The Hall–Kier alpha value is -2.81. The normalized spacial score (nSPS) is 11.0. The fourth-order valence-corrected chi connectivity index (χ4v) is 3.36. The van der Waals surface area contributed by atoms with Crippen LogP contribution in [0, 0.1) is 0 Å². The fourth-order valence-electron chi connectivity index (χ4n) is 2.52. The number of hydrogen-bond donors (Lipinski definition) is 2. The molecule has 9 heteroatoms. The second-order valence-corrected chi connectivity index (χ2v) is 6.50. The number of nitrogens with zero attached hydrogens (tertiary/aromatic N) is 3. The number of carbonyl (C=O) groups excluding carboxylic acids is 1. The minimum Gasteiger partial charge on any atom is -0.316 e. The van der Waals surface area contributed by atoms with Gasteiger partial charge in [-0.25, -0.2) is 0 Å². The third-order valence-corrected chi connectivity index (χ3v) is 4.60. The maximum absolute atomic E-state index is 12.4. The van der Waals surface area contributed by atoms with Crippen LogP contribution in [0.25, 0.3) is 11.0 Å². The van der Waals surface area contributed by atoms with Crippen LogP contribution in [0.15, 0.2) is 27.8 Å². The van der Waals surface area contributed by atoms with Gasteiger partial charge in [-0.1, -0.05) is 18.3 Å². The lowest BCUT2D eigenvalue weighted by atomic mass is 10.2. The molecule has 0 atom stereocenters. The molecule has 0 radical (unpaired) electrons. The van der Waals surface area contributed by atoms with Crippen LogP contribution in [0.4, 0.5) is 5.13 Å². The van der Waals surface area contributed by atoms with E-state index in [1.54, 1.807) is 25.1 Å². The van der Waals surface area contributed by atoms with Gasteiger partial charge in [0.25, 0.3) is 5.91 Å². The molecule has 0 unspecified atom stereocenters. The van der Waals surface area contributed by atoms with E-state index in [1.165, 1.54) is 15.9 Å². The predicted molar refractivity (Wildman–Crippen MR) is 96.4 cm³/mol. The summed E-state index contributed by atoms with van der Waals surface area (Å²) in [5.41, 5.74) is 0.0503. The second-order valence-electron chi connectivity index (χ2n) is 5.44. The highest BCUT2D eigenvalue weighted by Gasteiger charge is 2.13. The number of carbonyl (C=O) groups is 1. The summed E-state index contributed by atoms with van der Waals surface area (Å²) in [5.74, 6) is -0.351. The number of anilines is 1. The highest BCUT2D eigenvalue weighted by atomic mass is 32.1. The van der Waals surface area contributed by atoms with Gasteiger partial charge in [0, 0.05) is 18.5 Å².